The van der Waals surface area contributed by atoms with Gasteiger partial charge in [0, 0.05) is 5.41 Å². The van der Waals surface area contributed by atoms with Crippen LogP contribution in [0.25, 0.3) is 0 Å². The number of hydrogen-bond acceptors (Lipinski definition) is 3. The lowest BCUT2D eigenvalue weighted by molar-refractivity contribution is -0.464. The highest BCUT2D eigenvalue weighted by Gasteiger charge is 2.50. The average molecular weight is 238 g/mol. The maximum absolute atomic E-state index is 12.8. The number of benzene rings is 1. The summed E-state index contributed by atoms with van der Waals surface area (Å²) in [6, 6.07) is 6.31. The summed E-state index contributed by atoms with van der Waals surface area (Å²) in [6.07, 6.45) is 0.489. The Kier molecular flexibility index (Phi) is 2.47. The van der Waals surface area contributed by atoms with Crippen LogP contribution < -0.4 is 0 Å². The lowest BCUT2D eigenvalue weighted by Crippen LogP contribution is -2.59. The molecule has 3 aliphatic rings. The quantitative estimate of drug-likeness (QED) is 0.789. The lowest BCUT2D eigenvalue weighted by atomic mass is 9.91. The summed E-state index contributed by atoms with van der Waals surface area (Å²) in [7, 11) is 0. The molecule has 2 bridgehead atoms. The maximum atomic E-state index is 12.8. The van der Waals surface area contributed by atoms with Crippen molar-refractivity contribution in [3.63, 3.8) is 0 Å². The molecular weight excluding hydrogens is 223 g/mol. The molecule has 4 rings (SSSR count). The van der Waals surface area contributed by atoms with Crippen LogP contribution in [0.15, 0.2) is 24.3 Å². The molecule has 3 nitrogen and oxygen atoms in total. The molecule has 3 aliphatic heterocycles. The first-order valence-electron chi connectivity index (χ1n) is 5.76. The molecule has 0 amide bonds. The largest absolute Gasteiger partial charge is 0.326 e. The van der Waals surface area contributed by atoms with E-state index >= 15 is 0 Å². The smallest absolute Gasteiger partial charge is 0.287 e. The molecule has 0 unspecified atom stereocenters. The minimum absolute atomic E-state index is 0.0233. The van der Waals surface area contributed by atoms with Gasteiger partial charge in [-0.2, -0.15) is 0 Å². The Bertz CT molecular complexity index is 391. The van der Waals surface area contributed by atoms with Crippen LogP contribution in [-0.2, 0) is 20.6 Å². The zero-order valence-corrected chi connectivity index (χ0v) is 9.74. The minimum atomic E-state index is -0.963. The number of rotatable bonds is 2. The van der Waals surface area contributed by atoms with E-state index in [-0.39, 0.29) is 11.2 Å². The zero-order valence-electron chi connectivity index (χ0n) is 9.74. The predicted octanol–water partition coefficient (Wildman–Crippen LogP) is 2.11. The number of fused-ring (bicyclic) bond motifs is 3. The molecule has 0 saturated carbocycles. The highest BCUT2D eigenvalue weighted by atomic mass is 19.1. The van der Waals surface area contributed by atoms with Crippen molar-refractivity contribution >= 4 is 0 Å². The third-order valence-electron chi connectivity index (χ3n) is 3.26. The molecule has 0 radical (unpaired) electrons. The van der Waals surface area contributed by atoms with E-state index in [1.807, 2.05) is 0 Å². The first-order valence-corrected chi connectivity index (χ1v) is 5.76. The molecule has 17 heavy (non-hydrogen) atoms. The molecule has 0 N–H and O–H groups in total. The third kappa shape index (κ3) is 2.08. The highest BCUT2D eigenvalue weighted by molar-refractivity contribution is 5.17. The molecule has 3 heterocycles. The van der Waals surface area contributed by atoms with E-state index in [2.05, 4.69) is 6.92 Å². The van der Waals surface area contributed by atoms with Gasteiger partial charge in [0.15, 0.2) is 0 Å². The normalized spacial score (nSPS) is 36.1. The fourth-order valence-corrected chi connectivity index (χ4v) is 2.11. The second-order valence-electron chi connectivity index (χ2n) is 5.16. The zero-order chi connectivity index (χ0) is 11.9. The van der Waals surface area contributed by atoms with Gasteiger partial charge in [0.25, 0.3) is 5.97 Å². The van der Waals surface area contributed by atoms with Crippen LogP contribution >= 0.6 is 0 Å². The van der Waals surface area contributed by atoms with Crippen LogP contribution in [0.4, 0.5) is 4.39 Å². The van der Waals surface area contributed by atoms with Crippen molar-refractivity contribution in [3.8, 4) is 0 Å². The second kappa shape index (κ2) is 3.77. The molecule has 0 aliphatic carbocycles. The van der Waals surface area contributed by atoms with Gasteiger partial charge in [-0.15, -0.1) is 0 Å². The van der Waals surface area contributed by atoms with Gasteiger partial charge in [0.2, 0.25) is 0 Å². The number of halogens is 1. The molecule has 3 saturated heterocycles. The average Bonchev–Trinajstić information content (AvgIpc) is 2.35. The Morgan fingerprint density at radius 2 is 1.59 bits per heavy atom. The van der Waals surface area contributed by atoms with Gasteiger partial charge in [-0.05, 0) is 17.7 Å². The molecule has 0 atom stereocenters. The molecule has 0 aromatic heterocycles. The first kappa shape index (κ1) is 11.1. The van der Waals surface area contributed by atoms with Gasteiger partial charge >= 0.3 is 0 Å². The first-order chi connectivity index (χ1) is 8.09. The van der Waals surface area contributed by atoms with Crippen LogP contribution in [-0.4, -0.2) is 25.8 Å². The van der Waals surface area contributed by atoms with Crippen molar-refractivity contribution in [1.29, 1.82) is 0 Å². The van der Waals surface area contributed by atoms with E-state index in [9.17, 15) is 4.39 Å². The van der Waals surface area contributed by atoms with E-state index in [1.54, 1.807) is 12.1 Å². The SMILES string of the molecule is CC12COC(Cc3ccc(F)cc3)(OC1)OC2. The predicted molar refractivity (Wildman–Crippen MR) is 58.8 cm³/mol. The molecule has 4 heteroatoms. The van der Waals surface area contributed by atoms with E-state index in [0.29, 0.717) is 26.2 Å². The van der Waals surface area contributed by atoms with E-state index in [4.69, 9.17) is 14.2 Å². The van der Waals surface area contributed by atoms with Crippen LogP contribution in [0.5, 0.6) is 0 Å². The van der Waals surface area contributed by atoms with Crippen molar-refractivity contribution in [2.45, 2.75) is 19.3 Å². The van der Waals surface area contributed by atoms with Crippen molar-refractivity contribution in [3.05, 3.63) is 35.6 Å². The highest BCUT2D eigenvalue weighted by Crippen LogP contribution is 2.39. The van der Waals surface area contributed by atoms with Crippen LogP contribution in [0.2, 0.25) is 0 Å². The summed E-state index contributed by atoms with van der Waals surface area (Å²) >= 11 is 0. The monoisotopic (exact) mass is 238 g/mol. The molecule has 1 aromatic carbocycles. The molecule has 3 fully saturated rings. The second-order valence-corrected chi connectivity index (χ2v) is 5.16. The topological polar surface area (TPSA) is 27.7 Å². The minimum Gasteiger partial charge on any atom is -0.326 e. The summed E-state index contributed by atoms with van der Waals surface area (Å²) in [6.45, 7) is 4.02. The molecular formula is C13H15FO3. The summed E-state index contributed by atoms with van der Waals surface area (Å²) < 4.78 is 29.8. The van der Waals surface area contributed by atoms with Crippen LogP contribution in [0.3, 0.4) is 0 Å². The van der Waals surface area contributed by atoms with Gasteiger partial charge in [-0.1, -0.05) is 19.1 Å². The fourth-order valence-electron chi connectivity index (χ4n) is 2.11. The summed E-state index contributed by atoms with van der Waals surface area (Å²) in [5.74, 6) is -1.20. The molecule has 92 valence electrons. The Morgan fingerprint density at radius 1 is 1.06 bits per heavy atom. The Morgan fingerprint density at radius 3 is 2.12 bits per heavy atom. The van der Waals surface area contributed by atoms with Gasteiger partial charge in [-0.25, -0.2) is 4.39 Å². The Balaban J connectivity index is 1.75. The van der Waals surface area contributed by atoms with Crippen molar-refractivity contribution in [2.24, 2.45) is 5.41 Å². The third-order valence-corrected chi connectivity index (χ3v) is 3.26. The van der Waals surface area contributed by atoms with Crippen LogP contribution in [0.1, 0.15) is 12.5 Å². The number of ether oxygens (including phenoxy) is 3. The Labute approximate surface area is 99.5 Å². The summed E-state index contributed by atoms with van der Waals surface area (Å²) in [5.41, 5.74) is 0.918. The van der Waals surface area contributed by atoms with Gasteiger partial charge < -0.3 is 14.2 Å². The molecule has 0 spiro atoms. The van der Waals surface area contributed by atoms with Crippen LogP contribution in [0, 0.1) is 11.2 Å². The van der Waals surface area contributed by atoms with E-state index in [1.165, 1.54) is 12.1 Å². The lowest BCUT2D eigenvalue weighted by Gasteiger charge is -2.50. The van der Waals surface area contributed by atoms with Crippen molar-refractivity contribution < 1.29 is 18.6 Å². The number of hydrogen-bond donors (Lipinski definition) is 0. The van der Waals surface area contributed by atoms with E-state index < -0.39 is 5.97 Å². The van der Waals surface area contributed by atoms with Crippen molar-refractivity contribution in [2.75, 3.05) is 19.8 Å². The van der Waals surface area contributed by atoms with Gasteiger partial charge in [-0.3, -0.25) is 0 Å². The Hall–Kier alpha value is -0.970. The van der Waals surface area contributed by atoms with E-state index in [0.717, 1.165) is 5.56 Å². The summed E-state index contributed by atoms with van der Waals surface area (Å²) in [4.78, 5) is 0. The van der Waals surface area contributed by atoms with Crippen molar-refractivity contribution in [1.82, 2.24) is 0 Å². The summed E-state index contributed by atoms with van der Waals surface area (Å²) in [5, 5.41) is 0. The van der Waals surface area contributed by atoms with Gasteiger partial charge in [0.05, 0.1) is 26.2 Å². The molecule has 1 aromatic rings. The maximum Gasteiger partial charge on any atom is 0.287 e. The fraction of sp³-hybridized carbons (Fsp3) is 0.538. The standard InChI is InChI=1S/C13H15FO3/c1-12-7-15-13(16-8-12,17-9-12)6-10-2-4-11(14)5-3-10/h2-5H,6-9H2,1H3. The van der Waals surface area contributed by atoms with Gasteiger partial charge in [0.1, 0.15) is 5.82 Å².